The van der Waals surface area contributed by atoms with E-state index in [-0.39, 0.29) is 5.56 Å². The number of carbonyl (C=O) groups excluding carboxylic acids is 1. The van der Waals surface area contributed by atoms with Crippen LogP contribution in [0.15, 0.2) is 48.5 Å². The Balaban J connectivity index is 2.26. The number of hydrogen-bond donors (Lipinski definition) is 3. The van der Waals surface area contributed by atoms with E-state index in [1.165, 1.54) is 6.07 Å². The molecule has 0 saturated heterocycles. The Morgan fingerprint density at radius 1 is 1.00 bits per heavy atom. The molecule has 0 heterocycles. The maximum Gasteiger partial charge on any atom is 0.337 e. The molecule has 2 aromatic carbocycles. The lowest BCUT2D eigenvalue weighted by Gasteiger charge is -2.09. The summed E-state index contributed by atoms with van der Waals surface area (Å²) < 4.78 is 0. The zero-order chi connectivity index (χ0) is 13.8. The molecule has 0 aliphatic rings. The number of carboxylic acids is 1. The number of aromatic carboxylic acids is 1. The standard InChI is InChI=1S/C14H12N2O3/c15-13(17)9-5-7-10(8-6-9)16-12-4-2-1-3-11(12)14(18)19/h1-8,16H,(H2,15,17)(H,18,19). The van der Waals surface area contributed by atoms with Crippen LogP contribution in [-0.2, 0) is 0 Å². The van der Waals surface area contributed by atoms with Gasteiger partial charge in [0, 0.05) is 11.3 Å². The first kappa shape index (κ1) is 12.6. The second-order valence-electron chi connectivity index (χ2n) is 3.92. The molecule has 2 rings (SSSR count). The van der Waals surface area contributed by atoms with Crippen molar-refractivity contribution in [2.45, 2.75) is 0 Å². The van der Waals surface area contributed by atoms with E-state index in [9.17, 15) is 9.59 Å². The number of amides is 1. The average Bonchev–Trinajstić information content (AvgIpc) is 2.39. The number of hydrogen-bond acceptors (Lipinski definition) is 3. The highest BCUT2D eigenvalue weighted by Gasteiger charge is 2.09. The molecule has 0 unspecified atom stereocenters. The van der Waals surface area contributed by atoms with Gasteiger partial charge in [0.15, 0.2) is 0 Å². The maximum atomic E-state index is 11.1. The fraction of sp³-hybridized carbons (Fsp3) is 0. The molecular formula is C14H12N2O3. The topological polar surface area (TPSA) is 92.4 Å². The highest BCUT2D eigenvalue weighted by atomic mass is 16.4. The molecule has 5 heteroatoms. The number of rotatable bonds is 4. The van der Waals surface area contributed by atoms with Crippen LogP contribution in [0.5, 0.6) is 0 Å². The third-order valence-electron chi connectivity index (χ3n) is 2.61. The van der Waals surface area contributed by atoms with Crippen LogP contribution in [0.4, 0.5) is 11.4 Å². The fourth-order valence-corrected chi connectivity index (χ4v) is 1.65. The molecule has 0 aromatic heterocycles. The van der Waals surface area contributed by atoms with E-state index in [4.69, 9.17) is 10.8 Å². The second-order valence-corrected chi connectivity index (χ2v) is 3.92. The van der Waals surface area contributed by atoms with E-state index in [2.05, 4.69) is 5.32 Å². The van der Waals surface area contributed by atoms with Gasteiger partial charge in [-0.1, -0.05) is 12.1 Å². The van der Waals surface area contributed by atoms with Gasteiger partial charge in [-0.05, 0) is 36.4 Å². The van der Waals surface area contributed by atoms with Crippen LogP contribution in [0, 0.1) is 0 Å². The number of benzene rings is 2. The molecule has 96 valence electrons. The molecule has 4 N–H and O–H groups in total. The summed E-state index contributed by atoms with van der Waals surface area (Å²) in [6.07, 6.45) is 0. The number of nitrogens with two attached hydrogens (primary N) is 1. The molecule has 5 nitrogen and oxygen atoms in total. The first-order chi connectivity index (χ1) is 9.08. The lowest BCUT2D eigenvalue weighted by molar-refractivity contribution is 0.0697. The van der Waals surface area contributed by atoms with Gasteiger partial charge >= 0.3 is 5.97 Å². The second kappa shape index (κ2) is 5.22. The summed E-state index contributed by atoms with van der Waals surface area (Å²) in [5, 5.41) is 12.0. The Hall–Kier alpha value is -2.82. The van der Waals surface area contributed by atoms with Gasteiger partial charge in [-0.15, -0.1) is 0 Å². The molecular weight excluding hydrogens is 244 g/mol. The van der Waals surface area contributed by atoms with Gasteiger partial charge in [-0.2, -0.15) is 0 Å². The quantitative estimate of drug-likeness (QED) is 0.782. The number of anilines is 2. The fourth-order valence-electron chi connectivity index (χ4n) is 1.65. The molecule has 0 aliphatic heterocycles. The summed E-state index contributed by atoms with van der Waals surface area (Å²) in [5.74, 6) is -1.51. The summed E-state index contributed by atoms with van der Waals surface area (Å²) in [6.45, 7) is 0. The predicted octanol–water partition coefficient (Wildman–Crippen LogP) is 2.23. The highest BCUT2D eigenvalue weighted by molar-refractivity contribution is 5.95. The molecule has 0 atom stereocenters. The zero-order valence-electron chi connectivity index (χ0n) is 9.96. The van der Waals surface area contributed by atoms with Crippen LogP contribution < -0.4 is 11.1 Å². The lowest BCUT2D eigenvalue weighted by Crippen LogP contribution is -2.10. The average molecular weight is 256 g/mol. The van der Waals surface area contributed by atoms with Crippen molar-refractivity contribution in [3.63, 3.8) is 0 Å². The number of nitrogens with one attached hydrogen (secondary N) is 1. The van der Waals surface area contributed by atoms with Crippen molar-refractivity contribution in [3.05, 3.63) is 59.7 Å². The van der Waals surface area contributed by atoms with E-state index < -0.39 is 11.9 Å². The molecule has 0 fully saturated rings. The minimum atomic E-state index is -1.00. The molecule has 0 bridgehead atoms. The maximum absolute atomic E-state index is 11.1. The zero-order valence-corrected chi connectivity index (χ0v) is 9.96. The molecule has 0 saturated carbocycles. The summed E-state index contributed by atoms with van der Waals surface area (Å²) in [5.41, 5.74) is 6.89. The molecule has 19 heavy (non-hydrogen) atoms. The van der Waals surface area contributed by atoms with Gasteiger partial charge in [-0.3, -0.25) is 4.79 Å². The molecule has 0 spiro atoms. The Morgan fingerprint density at radius 2 is 1.63 bits per heavy atom. The normalized spacial score (nSPS) is 9.89. The Kier molecular flexibility index (Phi) is 3.47. The van der Waals surface area contributed by atoms with E-state index in [1.807, 2.05) is 0 Å². The number of primary amides is 1. The first-order valence-electron chi connectivity index (χ1n) is 5.57. The van der Waals surface area contributed by atoms with E-state index in [0.717, 1.165) is 0 Å². The summed E-state index contributed by atoms with van der Waals surface area (Å²) in [6, 6.07) is 13.1. The molecule has 2 aromatic rings. The Bertz CT molecular complexity index is 621. The van der Waals surface area contributed by atoms with Crippen molar-refractivity contribution < 1.29 is 14.7 Å². The van der Waals surface area contributed by atoms with Crippen LogP contribution in [0.3, 0.4) is 0 Å². The van der Waals surface area contributed by atoms with Gasteiger partial charge in [0.05, 0.1) is 11.3 Å². The van der Waals surface area contributed by atoms with Gasteiger partial charge in [0.25, 0.3) is 0 Å². The SMILES string of the molecule is NC(=O)c1ccc(Nc2ccccc2C(=O)O)cc1. The van der Waals surface area contributed by atoms with Crippen LogP contribution >= 0.6 is 0 Å². The lowest BCUT2D eigenvalue weighted by atomic mass is 10.1. The molecule has 0 radical (unpaired) electrons. The van der Waals surface area contributed by atoms with Crippen molar-refractivity contribution in [1.29, 1.82) is 0 Å². The summed E-state index contributed by atoms with van der Waals surface area (Å²) in [7, 11) is 0. The summed E-state index contributed by atoms with van der Waals surface area (Å²) in [4.78, 5) is 22.0. The minimum Gasteiger partial charge on any atom is -0.478 e. The third kappa shape index (κ3) is 2.90. The van der Waals surface area contributed by atoms with Crippen molar-refractivity contribution in [2.75, 3.05) is 5.32 Å². The third-order valence-corrected chi connectivity index (χ3v) is 2.61. The number of carbonyl (C=O) groups is 2. The van der Waals surface area contributed by atoms with E-state index in [0.29, 0.717) is 16.9 Å². The number of carboxylic acid groups (broad SMARTS) is 1. The van der Waals surface area contributed by atoms with Gasteiger partial charge in [0.1, 0.15) is 0 Å². The van der Waals surface area contributed by atoms with E-state index >= 15 is 0 Å². The summed E-state index contributed by atoms with van der Waals surface area (Å²) >= 11 is 0. The number of para-hydroxylation sites is 1. The molecule has 0 aliphatic carbocycles. The van der Waals surface area contributed by atoms with Crippen LogP contribution in [0.1, 0.15) is 20.7 Å². The molecule has 1 amide bonds. The Morgan fingerprint density at radius 3 is 2.21 bits per heavy atom. The van der Waals surface area contributed by atoms with E-state index in [1.54, 1.807) is 42.5 Å². The van der Waals surface area contributed by atoms with Crippen molar-refractivity contribution in [1.82, 2.24) is 0 Å². The highest BCUT2D eigenvalue weighted by Crippen LogP contribution is 2.21. The van der Waals surface area contributed by atoms with Gasteiger partial charge in [0.2, 0.25) is 5.91 Å². The van der Waals surface area contributed by atoms with Gasteiger partial charge in [-0.25, -0.2) is 4.79 Å². The van der Waals surface area contributed by atoms with Crippen molar-refractivity contribution in [3.8, 4) is 0 Å². The van der Waals surface area contributed by atoms with Crippen molar-refractivity contribution in [2.24, 2.45) is 5.73 Å². The van der Waals surface area contributed by atoms with Gasteiger partial charge < -0.3 is 16.2 Å². The van der Waals surface area contributed by atoms with Crippen LogP contribution in [0.2, 0.25) is 0 Å². The predicted molar refractivity (Wildman–Crippen MR) is 71.6 cm³/mol. The van der Waals surface area contributed by atoms with Crippen LogP contribution in [0.25, 0.3) is 0 Å². The Labute approximate surface area is 109 Å². The first-order valence-corrected chi connectivity index (χ1v) is 5.57. The monoisotopic (exact) mass is 256 g/mol. The minimum absolute atomic E-state index is 0.182. The van der Waals surface area contributed by atoms with Crippen LogP contribution in [-0.4, -0.2) is 17.0 Å². The van der Waals surface area contributed by atoms with Crippen molar-refractivity contribution >= 4 is 23.3 Å². The largest absolute Gasteiger partial charge is 0.478 e. The smallest absolute Gasteiger partial charge is 0.337 e.